The van der Waals surface area contributed by atoms with Crippen molar-refractivity contribution in [3.05, 3.63) is 208 Å². The van der Waals surface area contributed by atoms with Crippen molar-refractivity contribution >= 4 is 64.4 Å². The Hall–Kier alpha value is -7.78. The third kappa shape index (κ3) is 8.16. The molecule has 0 fully saturated rings. The first-order valence-electron chi connectivity index (χ1n) is 17.2. The van der Waals surface area contributed by atoms with E-state index in [0.717, 1.165) is 16.0 Å². The topological polar surface area (TPSA) is 130 Å². The Bertz CT molecular complexity index is 2350. The van der Waals surface area contributed by atoms with Gasteiger partial charge in [0.05, 0.1) is 16.8 Å². The second-order valence-electron chi connectivity index (χ2n) is 12.5. The quantitative estimate of drug-likeness (QED) is 0.0782. The van der Waals surface area contributed by atoms with Gasteiger partial charge in [-0.1, -0.05) is 109 Å². The number of ketones is 2. The first-order valence-corrected chi connectivity index (χ1v) is 17.2. The fraction of sp³-hybridized carbons (Fsp3) is 0. The highest BCUT2D eigenvalue weighted by Gasteiger charge is 2.37. The number of rotatable bonds is 11. The van der Waals surface area contributed by atoms with Crippen molar-refractivity contribution < 1.29 is 28.8 Å². The molecule has 0 aromatic heterocycles. The molecule has 1 heterocycles. The molecule has 6 aromatic carbocycles. The summed E-state index contributed by atoms with van der Waals surface area (Å²) < 4.78 is 0. The summed E-state index contributed by atoms with van der Waals surface area (Å²) in [6, 6.07) is 42.0. The van der Waals surface area contributed by atoms with Crippen molar-refractivity contribution in [1.82, 2.24) is 0 Å². The van der Waals surface area contributed by atoms with Crippen LogP contribution >= 0.6 is 0 Å². The molecule has 0 saturated heterocycles. The number of carbonyl (C=O) groups excluding carboxylic acids is 6. The molecule has 1 aliphatic heterocycles. The molecule has 0 unspecified atom stereocenters. The lowest BCUT2D eigenvalue weighted by atomic mass is 10.1. The number of benzene rings is 6. The second kappa shape index (κ2) is 15.9. The van der Waals surface area contributed by atoms with Crippen molar-refractivity contribution in [2.45, 2.75) is 0 Å². The molecule has 0 aliphatic carbocycles. The van der Waals surface area contributed by atoms with Gasteiger partial charge in [-0.3, -0.25) is 28.8 Å². The van der Waals surface area contributed by atoms with E-state index < -0.39 is 23.6 Å². The maximum atomic E-state index is 13.7. The Balaban J connectivity index is 1.11. The molecule has 2 N–H and O–H groups in total. The average molecular weight is 722 g/mol. The van der Waals surface area contributed by atoms with Crippen LogP contribution in [-0.4, -0.2) is 35.2 Å². The number of allylic oxidation sites excluding steroid dienone is 2. The predicted molar refractivity (Wildman–Crippen MR) is 212 cm³/mol. The summed E-state index contributed by atoms with van der Waals surface area (Å²) in [5, 5.41) is 5.61. The largest absolute Gasteiger partial charge is 0.322 e. The van der Waals surface area contributed by atoms with E-state index in [1.807, 2.05) is 12.1 Å². The fourth-order valence-corrected chi connectivity index (χ4v) is 5.93. The zero-order valence-corrected chi connectivity index (χ0v) is 29.1. The molecule has 0 bridgehead atoms. The van der Waals surface area contributed by atoms with Crippen molar-refractivity contribution in [3.63, 3.8) is 0 Å². The summed E-state index contributed by atoms with van der Waals surface area (Å²) >= 11 is 0. The second-order valence-corrected chi connectivity index (χ2v) is 12.5. The molecule has 0 spiro atoms. The summed E-state index contributed by atoms with van der Waals surface area (Å²) in [5.74, 6) is -2.61. The minimum Gasteiger partial charge on any atom is -0.322 e. The SMILES string of the molecule is O=C(/C=C/c1ccc(NC(=O)c2cc(C(=O)Nc3ccc(/C=C/C(=O)c4ccccc4)cc3)cc(N3C(=O)c4ccccc4C3=O)c2)cc1)c1ccccc1. The first kappa shape index (κ1) is 35.6. The highest BCUT2D eigenvalue weighted by Crippen LogP contribution is 2.30. The number of hydrogen-bond acceptors (Lipinski definition) is 6. The summed E-state index contributed by atoms with van der Waals surface area (Å²) in [6.45, 7) is 0. The molecule has 266 valence electrons. The fourth-order valence-electron chi connectivity index (χ4n) is 5.93. The van der Waals surface area contributed by atoms with Crippen LogP contribution in [0.15, 0.2) is 164 Å². The molecule has 9 nitrogen and oxygen atoms in total. The van der Waals surface area contributed by atoms with Crippen LogP contribution in [-0.2, 0) is 0 Å². The van der Waals surface area contributed by atoms with Crippen molar-refractivity contribution in [2.75, 3.05) is 15.5 Å². The molecule has 7 rings (SSSR count). The van der Waals surface area contributed by atoms with E-state index in [2.05, 4.69) is 10.6 Å². The van der Waals surface area contributed by atoms with Crippen LogP contribution in [0.25, 0.3) is 12.2 Å². The van der Waals surface area contributed by atoms with E-state index in [9.17, 15) is 28.8 Å². The summed E-state index contributed by atoms with van der Waals surface area (Å²) in [6.07, 6.45) is 6.30. The van der Waals surface area contributed by atoms with Gasteiger partial charge in [0, 0.05) is 33.6 Å². The highest BCUT2D eigenvalue weighted by atomic mass is 16.2. The van der Waals surface area contributed by atoms with E-state index in [-0.39, 0.29) is 39.5 Å². The van der Waals surface area contributed by atoms with Crippen LogP contribution in [0.1, 0.15) is 73.3 Å². The molecular formula is C46H31N3O6. The van der Waals surface area contributed by atoms with E-state index in [1.165, 1.54) is 30.4 Å². The van der Waals surface area contributed by atoms with Gasteiger partial charge < -0.3 is 10.6 Å². The number of fused-ring (bicyclic) bond motifs is 1. The smallest absolute Gasteiger partial charge is 0.266 e. The zero-order chi connectivity index (χ0) is 38.3. The predicted octanol–water partition coefficient (Wildman–Crippen LogP) is 8.78. The minimum atomic E-state index is -0.587. The van der Waals surface area contributed by atoms with Gasteiger partial charge in [-0.15, -0.1) is 0 Å². The Labute approximate surface area is 316 Å². The van der Waals surface area contributed by atoms with Crippen molar-refractivity contribution in [1.29, 1.82) is 0 Å². The number of imide groups is 1. The maximum Gasteiger partial charge on any atom is 0.266 e. The third-order valence-electron chi connectivity index (χ3n) is 8.80. The van der Waals surface area contributed by atoms with E-state index in [4.69, 9.17) is 0 Å². The summed E-state index contributed by atoms with van der Waals surface area (Å²) in [4.78, 5) is 80.1. The van der Waals surface area contributed by atoms with Gasteiger partial charge in [0.1, 0.15) is 0 Å². The zero-order valence-electron chi connectivity index (χ0n) is 29.1. The lowest BCUT2D eigenvalue weighted by Crippen LogP contribution is -2.30. The molecule has 0 saturated carbocycles. The highest BCUT2D eigenvalue weighted by molar-refractivity contribution is 6.34. The van der Waals surface area contributed by atoms with Crippen LogP contribution in [0, 0.1) is 0 Å². The average Bonchev–Trinajstić information content (AvgIpc) is 3.49. The van der Waals surface area contributed by atoms with Crippen LogP contribution in [0.3, 0.4) is 0 Å². The number of amides is 4. The van der Waals surface area contributed by atoms with Gasteiger partial charge in [0.2, 0.25) is 0 Å². The first-order chi connectivity index (χ1) is 26.7. The van der Waals surface area contributed by atoms with Gasteiger partial charge in [0.15, 0.2) is 11.6 Å². The number of nitrogens with zero attached hydrogens (tertiary/aromatic N) is 1. The third-order valence-corrected chi connectivity index (χ3v) is 8.80. The molecule has 55 heavy (non-hydrogen) atoms. The molecule has 9 heteroatoms. The number of hydrogen-bond donors (Lipinski definition) is 2. The van der Waals surface area contributed by atoms with Crippen LogP contribution in [0.5, 0.6) is 0 Å². The van der Waals surface area contributed by atoms with Crippen LogP contribution < -0.4 is 15.5 Å². The van der Waals surface area contributed by atoms with Gasteiger partial charge in [-0.2, -0.15) is 0 Å². The Morgan fingerprint density at radius 1 is 0.436 bits per heavy atom. The minimum absolute atomic E-state index is 0.0280. The molecule has 4 amide bonds. The van der Waals surface area contributed by atoms with Gasteiger partial charge in [-0.05, 0) is 77.9 Å². The van der Waals surface area contributed by atoms with E-state index in [0.29, 0.717) is 22.5 Å². The summed E-state index contributed by atoms with van der Waals surface area (Å²) in [5.41, 5.74) is 4.02. The molecular weight excluding hydrogens is 691 g/mol. The molecule has 1 aliphatic rings. The van der Waals surface area contributed by atoms with Gasteiger partial charge >= 0.3 is 0 Å². The maximum absolute atomic E-state index is 13.7. The number of nitrogens with one attached hydrogen (secondary N) is 2. The molecule has 6 aromatic rings. The standard InChI is InChI=1S/C46H31N3O6/c50-41(32-9-3-1-4-10-32)25-19-30-15-21-36(22-16-30)47-43(52)34-27-35(29-38(28-34)49-45(54)39-13-7-8-14-40(39)46(49)55)44(53)48-37-23-17-31(18-24-37)20-26-42(51)33-11-5-2-6-12-33/h1-29H,(H,47,52)(H,48,53)/b25-19+,26-20+. The van der Waals surface area contributed by atoms with E-state index >= 15 is 0 Å². The molecule has 0 atom stereocenters. The number of carbonyl (C=O) groups is 6. The van der Waals surface area contributed by atoms with Crippen molar-refractivity contribution in [3.8, 4) is 0 Å². The number of anilines is 3. The lowest BCUT2D eigenvalue weighted by Gasteiger charge is -2.17. The van der Waals surface area contributed by atoms with Gasteiger partial charge in [0.25, 0.3) is 23.6 Å². The van der Waals surface area contributed by atoms with Crippen molar-refractivity contribution in [2.24, 2.45) is 0 Å². The van der Waals surface area contributed by atoms with Crippen LogP contribution in [0.2, 0.25) is 0 Å². The Kier molecular flexibility index (Phi) is 10.3. The Morgan fingerprint density at radius 3 is 1.22 bits per heavy atom. The van der Waals surface area contributed by atoms with Gasteiger partial charge in [-0.25, -0.2) is 4.90 Å². The Morgan fingerprint density at radius 2 is 0.818 bits per heavy atom. The molecule has 0 radical (unpaired) electrons. The van der Waals surface area contributed by atoms with E-state index in [1.54, 1.807) is 133 Å². The lowest BCUT2D eigenvalue weighted by molar-refractivity contribution is 0.0920. The monoisotopic (exact) mass is 721 g/mol. The normalized spacial score (nSPS) is 12.2. The summed E-state index contributed by atoms with van der Waals surface area (Å²) in [7, 11) is 0. The van der Waals surface area contributed by atoms with Crippen LogP contribution in [0.4, 0.5) is 17.1 Å².